The van der Waals surface area contributed by atoms with Gasteiger partial charge in [0, 0.05) is 5.56 Å². The van der Waals surface area contributed by atoms with Crippen LogP contribution in [0.15, 0.2) is 24.3 Å². The zero-order valence-corrected chi connectivity index (χ0v) is 7.97. The maximum atomic E-state index is 13.0. The molecule has 0 aliphatic rings. The smallest absolute Gasteiger partial charge is 0.285 e. The third-order valence-electron chi connectivity index (χ3n) is 1.84. The van der Waals surface area contributed by atoms with Crippen LogP contribution < -0.4 is 10.5 Å². The third kappa shape index (κ3) is 2.42. The summed E-state index contributed by atoms with van der Waals surface area (Å²) in [6, 6.07) is 5.69. The van der Waals surface area contributed by atoms with Crippen molar-refractivity contribution in [2.75, 3.05) is 13.2 Å². The number of benzene rings is 1. The number of nitrogens with two attached hydrogens (primary N) is 1. The Hall–Kier alpha value is -1.16. The van der Waals surface area contributed by atoms with Gasteiger partial charge in [-0.2, -0.15) is 8.78 Å². The Bertz CT molecular complexity index is 285. The van der Waals surface area contributed by atoms with Crippen LogP contribution in [0.25, 0.3) is 0 Å². The van der Waals surface area contributed by atoms with Crippen molar-refractivity contribution >= 4 is 0 Å². The van der Waals surface area contributed by atoms with Gasteiger partial charge >= 0.3 is 0 Å². The highest BCUT2D eigenvalue weighted by atomic mass is 19.3. The van der Waals surface area contributed by atoms with Gasteiger partial charge in [0.05, 0.1) is 13.2 Å². The van der Waals surface area contributed by atoms with Gasteiger partial charge in [-0.3, -0.25) is 0 Å². The lowest BCUT2D eigenvalue weighted by molar-refractivity contribution is 0.00591. The van der Waals surface area contributed by atoms with Crippen molar-refractivity contribution in [1.29, 1.82) is 0 Å². The predicted octanol–water partition coefficient (Wildman–Crippen LogP) is 2.14. The first-order valence-corrected chi connectivity index (χ1v) is 4.41. The van der Waals surface area contributed by atoms with E-state index in [2.05, 4.69) is 0 Å². The SMILES string of the molecule is CCOc1ccc(C(F)(F)CN)cc1. The summed E-state index contributed by atoms with van der Waals surface area (Å²) in [5.41, 5.74) is 4.87. The van der Waals surface area contributed by atoms with Gasteiger partial charge in [-0.25, -0.2) is 0 Å². The van der Waals surface area contributed by atoms with E-state index in [0.29, 0.717) is 12.4 Å². The van der Waals surface area contributed by atoms with E-state index in [4.69, 9.17) is 10.5 Å². The van der Waals surface area contributed by atoms with Crippen LogP contribution in [-0.4, -0.2) is 13.2 Å². The summed E-state index contributed by atoms with van der Waals surface area (Å²) in [6.45, 7) is 1.68. The Morgan fingerprint density at radius 1 is 1.29 bits per heavy atom. The highest BCUT2D eigenvalue weighted by Crippen LogP contribution is 2.27. The second-order valence-corrected chi connectivity index (χ2v) is 2.87. The summed E-state index contributed by atoms with van der Waals surface area (Å²) in [7, 11) is 0. The van der Waals surface area contributed by atoms with Crippen molar-refractivity contribution in [1.82, 2.24) is 0 Å². The van der Waals surface area contributed by atoms with E-state index in [1.165, 1.54) is 24.3 Å². The minimum Gasteiger partial charge on any atom is -0.494 e. The van der Waals surface area contributed by atoms with Gasteiger partial charge in [0.2, 0.25) is 0 Å². The molecule has 4 heteroatoms. The molecule has 1 aromatic carbocycles. The fraction of sp³-hybridized carbons (Fsp3) is 0.400. The predicted molar refractivity (Wildman–Crippen MR) is 50.6 cm³/mol. The van der Waals surface area contributed by atoms with Crippen molar-refractivity contribution in [3.8, 4) is 5.75 Å². The number of halogens is 2. The molecule has 0 radical (unpaired) electrons. The van der Waals surface area contributed by atoms with Crippen molar-refractivity contribution in [2.24, 2.45) is 5.73 Å². The lowest BCUT2D eigenvalue weighted by Gasteiger charge is -2.14. The summed E-state index contributed by atoms with van der Waals surface area (Å²) < 4.78 is 31.2. The third-order valence-corrected chi connectivity index (χ3v) is 1.84. The number of rotatable bonds is 4. The van der Waals surface area contributed by atoms with Crippen LogP contribution in [0, 0.1) is 0 Å². The Morgan fingerprint density at radius 2 is 1.86 bits per heavy atom. The van der Waals surface area contributed by atoms with Gasteiger partial charge in [0.15, 0.2) is 0 Å². The number of alkyl halides is 2. The number of hydrogen-bond acceptors (Lipinski definition) is 2. The lowest BCUT2D eigenvalue weighted by atomic mass is 10.1. The van der Waals surface area contributed by atoms with Crippen LogP contribution in [0.3, 0.4) is 0 Å². The first-order chi connectivity index (χ1) is 6.60. The number of ether oxygens (including phenoxy) is 1. The van der Waals surface area contributed by atoms with Crippen molar-refractivity contribution in [3.63, 3.8) is 0 Å². The minimum absolute atomic E-state index is 0.0801. The molecule has 1 rings (SSSR count). The van der Waals surface area contributed by atoms with E-state index in [1.807, 2.05) is 6.92 Å². The molecule has 1 aromatic rings. The highest BCUT2D eigenvalue weighted by Gasteiger charge is 2.29. The van der Waals surface area contributed by atoms with E-state index in [1.54, 1.807) is 0 Å². The second-order valence-electron chi connectivity index (χ2n) is 2.87. The molecule has 0 saturated heterocycles. The molecule has 0 atom stereocenters. The van der Waals surface area contributed by atoms with Crippen LogP contribution >= 0.6 is 0 Å². The standard InChI is InChI=1S/C10H13F2NO/c1-2-14-9-5-3-8(4-6-9)10(11,12)7-13/h3-6H,2,7,13H2,1H3. The molecule has 0 unspecified atom stereocenters. The van der Waals surface area contributed by atoms with Crippen LogP contribution in [0.2, 0.25) is 0 Å². The summed E-state index contributed by atoms with van der Waals surface area (Å²) in [5.74, 6) is -2.37. The van der Waals surface area contributed by atoms with Gasteiger partial charge in [-0.05, 0) is 31.2 Å². The Balaban J connectivity index is 2.82. The van der Waals surface area contributed by atoms with Crippen molar-refractivity contribution in [3.05, 3.63) is 29.8 Å². The topological polar surface area (TPSA) is 35.2 Å². The maximum absolute atomic E-state index is 13.0. The molecule has 2 nitrogen and oxygen atoms in total. The fourth-order valence-electron chi connectivity index (χ4n) is 1.08. The minimum atomic E-state index is -2.95. The van der Waals surface area contributed by atoms with Gasteiger partial charge in [0.25, 0.3) is 5.92 Å². The van der Waals surface area contributed by atoms with Gasteiger partial charge in [-0.1, -0.05) is 0 Å². The van der Waals surface area contributed by atoms with Crippen LogP contribution in [0.5, 0.6) is 5.75 Å². The molecular weight excluding hydrogens is 188 g/mol. The Kier molecular flexibility index (Phi) is 3.41. The molecule has 0 saturated carbocycles. The number of hydrogen-bond donors (Lipinski definition) is 1. The molecule has 0 aliphatic carbocycles. The molecule has 2 N–H and O–H groups in total. The van der Waals surface area contributed by atoms with E-state index < -0.39 is 12.5 Å². The van der Waals surface area contributed by atoms with Crippen molar-refractivity contribution in [2.45, 2.75) is 12.8 Å². The molecule has 14 heavy (non-hydrogen) atoms. The average molecular weight is 201 g/mol. The summed E-state index contributed by atoms with van der Waals surface area (Å²) >= 11 is 0. The maximum Gasteiger partial charge on any atom is 0.285 e. The van der Waals surface area contributed by atoms with E-state index in [-0.39, 0.29) is 5.56 Å². The first-order valence-electron chi connectivity index (χ1n) is 4.41. The highest BCUT2D eigenvalue weighted by molar-refractivity contribution is 5.29. The first kappa shape index (κ1) is 10.9. The molecule has 0 spiro atoms. The van der Waals surface area contributed by atoms with Crippen LogP contribution in [0.1, 0.15) is 12.5 Å². The van der Waals surface area contributed by atoms with Crippen LogP contribution in [-0.2, 0) is 5.92 Å². The molecule has 0 amide bonds. The largest absolute Gasteiger partial charge is 0.494 e. The zero-order valence-electron chi connectivity index (χ0n) is 7.97. The van der Waals surface area contributed by atoms with E-state index in [9.17, 15) is 8.78 Å². The second kappa shape index (κ2) is 4.37. The van der Waals surface area contributed by atoms with Gasteiger partial charge in [-0.15, -0.1) is 0 Å². The molecule has 0 aliphatic heterocycles. The van der Waals surface area contributed by atoms with Crippen LogP contribution in [0.4, 0.5) is 8.78 Å². The Morgan fingerprint density at radius 3 is 2.29 bits per heavy atom. The van der Waals surface area contributed by atoms with Gasteiger partial charge < -0.3 is 10.5 Å². The fourth-order valence-corrected chi connectivity index (χ4v) is 1.08. The summed E-state index contributed by atoms with van der Waals surface area (Å²) in [6.07, 6.45) is 0. The quantitative estimate of drug-likeness (QED) is 0.809. The zero-order chi connectivity index (χ0) is 10.6. The molecule has 0 aromatic heterocycles. The Labute approximate surface area is 81.7 Å². The van der Waals surface area contributed by atoms with E-state index in [0.717, 1.165) is 0 Å². The summed E-state index contributed by atoms with van der Waals surface area (Å²) in [4.78, 5) is 0. The molecule has 0 fully saturated rings. The average Bonchev–Trinajstić information content (AvgIpc) is 2.19. The molecular formula is C10H13F2NO. The van der Waals surface area contributed by atoms with E-state index >= 15 is 0 Å². The van der Waals surface area contributed by atoms with Gasteiger partial charge in [0.1, 0.15) is 5.75 Å². The molecule has 0 heterocycles. The van der Waals surface area contributed by atoms with Crippen molar-refractivity contribution < 1.29 is 13.5 Å². The normalized spacial score (nSPS) is 11.4. The summed E-state index contributed by atoms with van der Waals surface area (Å²) in [5, 5.41) is 0. The molecule has 78 valence electrons. The molecule has 0 bridgehead atoms. The lowest BCUT2D eigenvalue weighted by Crippen LogP contribution is -2.24. The monoisotopic (exact) mass is 201 g/mol.